The minimum Gasteiger partial charge on any atom is -0.493 e. The molecule has 1 aliphatic rings. The molecule has 1 aliphatic carbocycles. The van der Waals surface area contributed by atoms with Crippen LogP contribution in [-0.2, 0) is 17.6 Å². The van der Waals surface area contributed by atoms with Crippen molar-refractivity contribution in [2.45, 2.75) is 31.7 Å². The van der Waals surface area contributed by atoms with Crippen molar-refractivity contribution in [2.24, 2.45) is 0 Å². The quantitative estimate of drug-likeness (QED) is 0.697. The second kappa shape index (κ2) is 7.35. The SMILES string of the molecule is COc1cc2c(cc1OC)[C@H](NC(=O)CCc1c[nH]c3ccccc13)CC2. The Bertz CT molecular complexity index is 977. The predicted octanol–water partition coefficient (Wildman–Crippen LogP) is 3.92. The minimum absolute atomic E-state index is 0.0373. The van der Waals surface area contributed by atoms with Crippen LogP contribution in [0.2, 0.25) is 0 Å². The van der Waals surface area contributed by atoms with Crippen LogP contribution in [0.25, 0.3) is 10.9 Å². The molecule has 2 N–H and O–H groups in total. The molecule has 0 spiro atoms. The summed E-state index contributed by atoms with van der Waals surface area (Å²) in [5.74, 6) is 1.52. The number of ether oxygens (including phenoxy) is 2. The first kappa shape index (κ1) is 17.5. The normalized spacial score (nSPS) is 15.6. The van der Waals surface area contributed by atoms with Gasteiger partial charge in [-0.15, -0.1) is 0 Å². The molecule has 1 amide bonds. The smallest absolute Gasteiger partial charge is 0.220 e. The van der Waals surface area contributed by atoms with Crippen molar-refractivity contribution in [1.82, 2.24) is 10.3 Å². The van der Waals surface area contributed by atoms with E-state index in [-0.39, 0.29) is 11.9 Å². The van der Waals surface area contributed by atoms with E-state index in [0.717, 1.165) is 36.1 Å². The average Bonchev–Trinajstić information content (AvgIpc) is 3.29. The Morgan fingerprint density at radius 1 is 1.19 bits per heavy atom. The van der Waals surface area contributed by atoms with Crippen LogP contribution < -0.4 is 14.8 Å². The fraction of sp³-hybridized carbons (Fsp3) is 0.318. The number of methoxy groups -OCH3 is 2. The van der Waals surface area contributed by atoms with E-state index in [9.17, 15) is 4.79 Å². The number of H-pyrrole nitrogens is 1. The molecule has 0 radical (unpaired) electrons. The van der Waals surface area contributed by atoms with Crippen molar-refractivity contribution in [1.29, 1.82) is 0 Å². The number of rotatable bonds is 6. The van der Waals surface area contributed by atoms with Gasteiger partial charge in [-0.25, -0.2) is 0 Å². The standard InChI is InChI=1S/C22H24N2O3/c1-26-20-11-14-7-9-19(17(14)12-21(20)27-2)24-22(25)10-8-15-13-23-18-6-4-3-5-16(15)18/h3-6,11-13,19,23H,7-10H2,1-2H3,(H,24,25)/t19-/m1/s1. The van der Waals surface area contributed by atoms with Crippen LogP contribution in [0, 0.1) is 0 Å². The molecule has 3 aromatic rings. The molecule has 0 saturated heterocycles. The van der Waals surface area contributed by atoms with Gasteiger partial charge in [-0.05, 0) is 54.2 Å². The van der Waals surface area contributed by atoms with Crippen LogP contribution in [0.4, 0.5) is 0 Å². The lowest BCUT2D eigenvalue weighted by Crippen LogP contribution is -2.27. The minimum atomic E-state index is 0.0373. The summed E-state index contributed by atoms with van der Waals surface area (Å²) in [5.41, 5.74) is 4.64. The van der Waals surface area contributed by atoms with Gasteiger partial charge in [0.15, 0.2) is 11.5 Å². The number of aromatic nitrogens is 1. The second-order valence-electron chi connectivity index (χ2n) is 6.92. The molecule has 27 heavy (non-hydrogen) atoms. The molecular weight excluding hydrogens is 340 g/mol. The summed E-state index contributed by atoms with van der Waals surface area (Å²) in [4.78, 5) is 15.8. The van der Waals surface area contributed by atoms with Gasteiger partial charge in [0.1, 0.15) is 0 Å². The topological polar surface area (TPSA) is 63.4 Å². The van der Waals surface area contributed by atoms with Gasteiger partial charge in [0.2, 0.25) is 5.91 Å². The molecule has 0 fully saturated rings. The molecule has 5 nitrogen and oxygen atoms in total. The van der Waals surface area contributed by atoms with Gasteiger partial charge in [-0.1, -0.05) is 18.2 Å². The number of amides is 1. The summed E-state index contributed by atoms with van der Waals surface area (Å²) in [6, 6.07) is 12.2. The van der Waals surface area contributed by atoms with E-state index < -0.39 is 0 Å². The number of nitrogens with one attached hydrogen (secondary N) is 2. The molecule has 1 aromatic heterocycles. The van der Waals surface area contributed by atoms with Crippen molar-refractivity contribution >= 4 is 16.8 Å². The predicted molar refractivity (Wildman–Crippen MR) is 105 cm³/mol. The van der Waals surface area contributed by atoms with Gasteiger partial charge in [0.05, 0.1) is 20.3 Å². The summed E-state index contributed by atoms with van der Waals surface area (Å²) in [5, 5.41) is 4.38. The Hall–Kier alpha value is -2.95. The van der Waals surface area contributed by atoms with Crippen molar-refractivity contribution in [3.63, 3.8) is 0 Å². The number of hydrogen-bond acceptors (Lipinski definition) is 3. The van der Waals surface area contributed by atoms with Crippen molar-refractivity contribution < 1.29 is 14.3 Å². The third-order valence-electron chi connectivity index (χ3n) is 5.35. The molecular formula is C22H24N2O3. The summed E-state index contributed by atoms with van der Waals surface area (Å²) in [6.07, 6.45) is 5.04. The van der Waals surface area contributed by atoms with Crippen molar-refractivity contribution in [3.8, 4) is 11.5 Å². The van der Waals surface area contributed by atoms with Crippen LogP contribution in [-0.4, -0.2) is 25.1 Å². The Kier molecular flexibility index (Phi) is 4.75. The summed E-state index contributed by atoms with van der Waals surface area (Å²) in [6.45, 7) is 0. The molecule has 0 aliphatic heterocycles. The monoisotopic (exact) mass is 364 g/mol. The highest BCUT2D eigenvalue weighted by molar-refractivity contribution is 5.84. The summed E-state index contributed by atoms with van der Waals surface area (Å²) >= 11 is 0. The van der Waals surface area contributed by atoms with Crippen LogP contribution in [0.5, 0.6) is 11.5 Å². The van der Waals surface area contributed by atoms with Gasteiger partial charge in [-0.2, -0.15) is 0 Å². The number of fused-ring (bicyclic) bond motifs is 2. The molecule has 5 heteroatoms. The second-order valence-corrected chi connectivity index (χ2v) is 6.92. The van der Waals surface area contributed by atoms with E-state index in [2.05, 4.69) is 22.4 Å². The number of benzene rings is 2. The third kappa shape index (κ3) is 3.37. The van der Waals surface area contributed by atoms with E-state index in [1.165, 1.54) is 16.5 Å². The van der Waals surface area contributed by atoms with E-state index in [0.29, 0.717) is 12.2 Å². The number of aryl methyl sites for hydroxylation is 2. The Balaban J connectivity index is 1.43. The number of carbonyl (C=O) groups excluding carboxylic acids is 1. The van der Waals surface area contributed by atoms with Crippen molar-refractivity contribution in [2.75, 3.05) is 14.2 Å². The van der Waals surface area contributed by atoms with E-state index in [1.54, 1.807) is 14.2 Å². The summed E-state index contributed by atoms with van der Waals surface area (Å²) < 4.78 is 10.8. The third-order valence-corrected chi connectivity index (χ3v) is 5.35. The maximum Gasteiger partial charge on any atom is 0.220 e. The van der Waals surface area contributed by atoms with Gasteiger partial charge < -0.3 is 19.8 Å². The Labute approximate surface area is 158 Å². The van der Waals surface area contributed by atoms with Crippen LogP contribution in [0.3, 0.4) is 0 Å². The lowest BCUT2D eigenvalue weighted by Gasteiger charge is -2.16. The Morgan fingerprint density at radius 2 is 1.96 bits per heavy atom. The van der Waals surface area contributed by atoms with Crippen molar-refractivity contribution in [3.05, 3.63) is 59.3 Å². The first-order chi connectivity index (χ1) is 13.2. The largest absolute Gasteiger partial charge is 0.493 e. The molecule has 4 rings (SSSR count). The van der Waals surface area contributed by atoms with Crippen LogP contribution >= 0.6 is 0 Å². The summed E-state index contributed by atoms with van der Waals surface area (Å²) in [7, 11) is 3.27. The zero-order valence-corrected chi connectivity index (χ0v) is 15.7. The van der Waals surface area contributed by atoms with Gasteiger partial charge in [0, 0.05) is 23.5 Å². The fourth-order valence-corrected chi connectivity index (χ4v) is 3.94. The maximum atomic E-state index is 12.5. The van der Waals surface area contributed by atoms with E-state index >= 15 is 0 Å². The highest BCUT2D eigenvalue weighted by Gasteiger charge is 2.26. The van der Waals surface area contributed by atoms with Crippen LogP contribution in [0.15, 0.2) is 42.6 Å². The molecule has 0 bridgehead atoms. The molecule has 1 atom stereocenters. The van der Waals surface area contributed by atoms with Gasteiger partial charge in [0.25, 0.3) is 0 Å². The first-order valence-electron chi connectivity index (χ1n) is 9.28. The van der Waals surface area contributed by atoms with Gasteiger partial charge in [-0.3, -0.25) is 4.79 Å². The number of carbonyl (C=O) groups is 1. The molecule has 2 aromatic carbocycles. The zero-order chi connectivity index (χ0) is 18.8. The Morgan fingerprint density at radius 3 is 2.78 bits per heavy atom. The highest BCUT2D eigenvalue weighted by atomic mass is 16.5. The van der Waals surface area contributed by atoms with E-state index in [1.807, 2.05) is 30.5 Å². The van der Waals surface area contributed by atoms with Gasteiger partial charge >= 0.3 is 0 Å². The molecule has 1 heterocycles. The number of hydrogen-bond donors (Lipinski definition) is 2. The first-order valence-corrected chi connectivity index (χ1v) is 9.28. The van der Waals surface area contributed by atoms with E-state index in [4.69, 9.17) is 9.47 Å². The highest BCUT2D eigenvalue weighted by Crippen LogP contribution is 2.39. The number of para-hydroxylation sites is 1. The average molecular weight is 364 g/mol. The molecule has 140 valence electrons. The molecule has 0 saturated carbocycles. The van der Waals surface area contributed by atoms with Crippen LogP contribution in [0.1, 0.15) is 35.6 Å². The molecule has 0 unspecified atom stereocenters. The number of aromatic amines is 1. The zero-order valence-electron chi connectivity index (χ0n) is 15.7. The lowest BCUT2D eigenvalue weighted by molar-refractivity contribution is -0.121. The lowest BCUT2D eigenvalue weighted by atomic mass is 10.1. The fourth-order valence-electron chi connectivity index (χ4n) is 3.94. The maximum absolute atomic E-state index is 12.5.